The molecule has 0 saturated heterocycles. The van der Waals surface area contributed by atoms with Gasteiger partial charge in [-0.15, -0.1) is 0 Å². The molecule has 0 saturated carbocycles. The van der Waals surface area contributed by atoms with E-state index in [-0.39, 0.29) is 17.7 Å². The molecule has 2 N–H and O–H groups in total. The van der Waals surface area contributed by atoms with Gasteiger partial charge in [0.05, 0.1) is 13.2 Å². The zero-order valence-corrected chi connectivity index (χ0v) is 14.1. The van der Waals surface area contributed by atoms with Crippen LogP contribution in [0.15, 0.2) is 48.5 Å². The number of urea groups is 1. The Morgan fingerprint density at radius 3 is 2.67 bits per heavy atom. The number of amides is 2. The quantitative estimate of drug-likeness (QED) is 0.892. The molecular weight excluding hydrogens is 304 g/mol. The average Bonchev–Trinajstić information content (AvgIpc) is 2.54. The second-order valence-corrected chi connectivity index (χ2v) is 6.49. The molecule has 0 bridgehead atoms. The second kappa shape index (κ2) is 6.43. The molecule has 3 rings (SSSR count). The van der Waals surface area contributed by atoms with Crippen molar-refractivity contribution in [1.82, 2.24) is 5.32 Å². The Hall–Kier alpha value is -2.69. The largest absolute Gasteiger partial charge is 0.497 e. The van der Waals surface area contributed by atoms with Crippen LogP contribution < -0.4 is 20.1 Å². The summed E-state index contributed by atoms with van der Waals surface area (Å²) < 4.78 is 11.3. The molecule has 1 aliphatic rings. The first-order chi connectivity index (χ1) is 11.5. The van der Waals surface area contributed by atoms with Gasteiger partial charge in [-0.25, -0.2) is 4.79 Å². The topological polar surface area (TPSA) is 59.6 Å². The van der Waals surface area contributed by atoms with Crippen molar-refractivity contribution in [2.75, 3.05) is 12.4 Å². The number of rotatable bonds is 3. The van der Waals surface area contributed by atoms with Gasteiger partial charge in [0.1, 0.15) is 17.1 Å². The Balaban J connectivity index is 1.79. The predicted molar refractivity (Wildman–Crippen MR) is 93.7 cm³/mol. The lowest BCUT2D eigenvalue weighted by Gasteiger charge is -2.38. The van der Waals surface area contributed by atoms with Crippen LogP contribution in [-0.2, 0) is 0 Å². The number of nitrogens with one attached hydrogen (secondary N) is 2. The minimum absolute atomic E-state index is 0.127. The Bertz CT molecular complexity index is 729. The van der Waals surface area contributed by atoms with Crippen LogP contribution in [0, 0.1) is 0 Å². The summed E-state index contributed by atoms with van der Waals surface area (Å²) in [6.07, 6.45) is 0.689. The normalized spacial score (nSPS) is 18.0. The van der Waals surface area contributed by atoms with Crippen molar-refractivity contribution in [2.24, 2.45) is 0 Å². The number of methoxy groups -OCH3 is 1. The van der Waals surface area contributed by atoms with Crippen LogP contribution in [0.4, 0.5) is 10.5 Å². The van der Waals surface area contributed by atoms with Crippen LogP contribution in [0.1, 0.15) is 31.9 Å². The summed E-state index contributed by atoms with van der Waals surface area (Å²) >= 11 is 0. The van der Waals surface area contributed by atoms with Crippen molar-refractivity contribution in [2.45, 2.75) is 31.9 Å². The highest BCUT2D eigenvalue weighted by Gasteiger charge is 2.34. The molecule has 1 aliphatic heterocycles. The zero-order valence-electron chi connectivity index (χ0n) is 14.1. The van der Waals surface area contributed by atoms with Crippen molar-refractivity contribution in [3.8, 4) is 11.5 Å². The number of hydrogen-bond donors (Lipinski definition) is 2. The fourth-order valence-electron chi connectivity index (χ4n) is 2.93. The first-order valence-electron chi connectivity index (χ1n) is 7.96. The number of ether oxygens (including phenoxy) is 2. The van der Waals surface area contributed by atoms with E-state index in [4.69, 9.17) is 9.47 Å². The number of carbonyl (C=O) groups excluding carboxylic acids is 1. The van der Waals surface area contributed by atoms with Gasteiger partial charge in [-0.3, -0.25) is 0 Å². The fraction of sp³-hybridized carbons (Fsp3) is 0.316. The molecule has 5 heteroatoms. The highest BCUT2D eigenvalue weighted by Crippen LogP contribution is 2.41. The van der Waals surface area contributed by atoms with Crippen LogP contribution in [0.25, 0.3) is 0 Å². The third-order valence-electron chi connectivity index (χ3n) is 4.02. The molecule has 5 nitrogen and oxygen atoms in total. The maximum atomic E-state index is 12.3. The highest BCUT2D eigenvalue weighted by atomic mass is 16.5. The number of hydrogen-bond acceptors (Lipinski definition) is 3. The van der Waals surface area contributed by atoms with Gasteiger partial charge in [0, 0.05) is 23.7 Å². The molecule has 0 radical (unpaired) electrons. The van der Waals surface area contributed by atoms with Gasteiger partial charge in [0.25, 0.3) is 0 Å². The summed E-state index contributed by atoms with van der Waals surface area (Å²) in [5.74, 6) is 1.48. The van der Waals surface area contributed by atoms with E-state index in [1.807, 2.05) is 62.4 Å². The monoisotopic (exact) mass is 326 g/mol. The molecule has 2 aromatic rings. The summed E-state index contributed by atoms with van der Waals surface area (Å²) in [5, 5.41) is 5.90. The molecule has 126 valence electrons. The number of benzene rings is 2. The summed E-state index contributed by atoms with van der Waals surface area (Å²) in [7, 11) is 1.62. The molecule has 1 heterocycles. The number of anilines is 1. The minimum Gasteiger partial charge on any atom is -0.497 e. The SMILES string of the molecule is COc1ccc2c(c1)OC(C)(C)C[C@H]2NC(=O)Nc1ccccc1. The maximum absolute atomic E-state index is 12.3. The van der Waals surface area contributed by atoms with Gasteiger partial charge in [-0.2, -0.15) is 0 Å². The minimum atomic E-state index is -0.371. The standard InChI is InChI=1S/C19H22N2O3/c1-19(2)12-16(15-10-9-14(23-3)11-17(15)24-19)21-18(22)20-13-7-5-4-6-8-13/h4-11,16H,12H2,1-3H3,(H2,20,21,22)/t16-/m1/s1. The second-order valence-electron chi connectivity index (χ2n) is 6.49. The van der Waals surface area contributed by atoms with Crippen molar-refractivity contribution >= 4 is 11.7 Å². The predicted octanol–water partition coefficient (Wildman–Crippen LogP) is 4.12. The van der Waals surface area contributed by atoms with Gasteiger partial charge in [0.2, 0.25) is 0 Å². The first-order valence-corrected chi connectivity index (χ1v) is 7.96. The van der Waals surface area contributed by atoms with Gasteiger partial charge in [-0.05, 0) is 38.1 Å². The van der Waals surface area contributed by atoms with E-state index >= 15 is 0 Å². The molecule has 2 aromatic carbocycles. The smallest absolute Gasteiger partial charge is 0.319 e. The van der Waals surface area contributed by atoms with Crippen LogP contribution in [0.3, 0.4) is 0 Å². The van der Waals surface area contributed by atoms with E-state index in [2.05, 4.69) is 10.6 Å². The third kappa shape index (κ3) is 3.62. The van der Waals surface area contributed by atoms with E-state index in [1.54, 1.807) is 7.11 Å². The van der Waals surface area contributed by atoms with E-state index in [0.29, 0.717) is 6.42 Å². The van der Waals surface area contributed by atoms with Crippen LogP contribution in [-0.4, -0.2) is 18.7 Å². The van der Waals surface area contributed by atoms with Gasteiger partial charge in [0.15, 0.2) is 0 Å². The third-order valence-corrected chi connectivity index (χ3v) is 4.02. The molecular formula is C19H22N2O3. The Labute approximate surface area is 142 Å². The van der Waals surface area contributed by atoms with Crippen LogP contribution in [0.5, 0.6) is 11.5 Å². The van der Waals surface area contributed by atoms with E-state index in [9.17, 15) is 4.79 Å². The van der Waals surface area contributed by atoms with Gasteiger partial charge >= 0.3 is 6.03 Å². The summed E-state index contributed by atoms with van der Waals surface area (Å²) in [5.41, 5.74) is 1.35. The first kappa shape index (κ1) is 16.2. The molecule has 0 unspecified atom stereocenters. The lowest BCUT2D eigenvalue weighted by atomic mass is 9.89. The Morgan fingerprint density at radius 2 is 1.96 bits per heavy atom. The van der Waals surface area contributed by atoms with E-state index in [0.717, 1.165) is 22.7 Å². The summed E-state index contributed by atoms with van der Waals surface area (Å²) in [6, 6.07) is 14.7. The molecule has 0 spiro atoms. The number of fused-ring (bicyclic) bond motifs is 1. The maximum Gasteiger partial charge on any atom is 0.319 e. The van der Waals surface area contributed by atoms with Crippen LogP contribution >= 0.6 is 0 Å². The van der Waals surface area contributed by atoms with Crippen molar-refractivity contribution in [3.63, 3.8) is 0 Å². The van der Waals surface area contributed by atoms with E-state index in [1.165, 1.54) is 0 Å². The molecule has 0 fully saturated rings. The fourth-order valence-corrected chi connectivity index (χ4v) is 2.93. The number of carbonyl (C=O) groups is 1. The Kier molecular flexibility index (Phi) is 4.34. The van der Waals surface area contributed by atoms with Gasteiger partial charge < -0.3 is 20.1 Å². The lowest BCUT2D eigenvalue weighted by Crippen LogP contribution is -2.42. The summed E-state index contributed by atoms with van der Waals surface area (Å²) in [6.45, 7) is 4.03. The lowest BCUT2D eigenvalue weighted by molar-refractivity contribution is 0.0679. The molecule has 1 atom stereocenters. The van der Waals surface area contributed by atoms with Crippen molar-refractivity contribution in [1.29, 1.82) is 0 Å². The molecule has 2 amide bonds. The molecule has 0 aliphatic carbocycles. The highest BCUT2D eigenvalue weighted by molar-refractivity contribution is 5.89. The van der Waals surface area contributed by atoms with E-state index < -0.39 is 0 Å². The van der Waals surface area contributed by atoms with Crippen LogP contribution in [0.2, 0.25) is 0 Å². The average molecular weight is 326 g/mol. The number of para-hydroxylation sites is 1. The van der Waals surface area contributed by atoms with Gasteiger partial charge in [-0.1, -0.05) is 18.2 Å². The summed E-state index contributed by atoms with van der Waals surface area (Å²) in [4.78, 5) is 12.3. The molecule has 0 aromatic heterocycles. The Morgan fingerprint density at radius 1 is 1.21 bits per heavy atom. The van der Waals surface area contributed by atoms with Crippen molar-refractivity contribution < 1.29 is 14.3 Å². The molecule has 24 heavy (non-hydrogen) atoms. The zero-order chi connectivity index (χ0) is 17.2. The van der Waals surface area contributed by atoms with Crippen molar-refractivity contribution in [3.05, 3.63) is 54.1 Å².